The first-order chi connectivity index (χ1) is 23.2. The number of benzene rings is 3. The number of esters is 2. The lowest BCUT2D eigenvalue weighted by Crippen LogP contribution is -2.47. The van der Waals surface area contributed by atoms with Crippen LogP contribution in [0.1, 0.15) is 54.7 Å². The maximum atomic E-state index is 13.6. The Labute approximate surface area is 276 Å². The van der Waals surface area contributed by atoms with Crippen molar-refractivity contribution in [3.63, 3.8) is 0 Å². The molecule has 2 N–H and O–H groups in total. The molecule has 6 rings (SSSR count). The lowest BCUT2D eigenvalue weighted by atomic mass is 9.83. The van der Waals surface area contributed by atoms with Gasteiger partial charge in [-0.1, -0.05) is 36.4 Å². The standard InChI is InChI=1S/C37H34N4O7/c1-47-36(45)26-16-27(37(46)48-2)18-29(17-26)38-35(44)25-12-13-32(30(19-25)39-33(42)14-11-23-7-4-3-5-8-23)40-20-24-15-28(22-40)31-9-6-10-34(43)41(31)21-24/h3-14,16-19,24,28H,15,20-22H2,1-2H3,(H,38,44)(H,39,42). The van der Waals surface area contributed by atoms with Crippen LogP contribution in [0.5, 0.6) is 0 Å². The summed E-state index contributed by atoms with van der Waals surface area (Å²) < 4.78 is 11.5. The molecule has 1 aromatic heterocycles. The molecule has 48 heavy (non-hydrogen) atoms. The van der Waals surface area contributed by atoms with Gasteiger partial charge in [0.2, 0.25) is 5.91 Å². The lowest BCUT2D eigenvalue weighted by Gasteiger charge is -2.44. The molecular formula is C37H34N4O7. The maximum Gasteiger partial charge on any atom is 0.337 e. The van der Waals surface area contributed by atoms with Crippen LogP contribution in [-0.4, -0.2) is 55.6 Å². The number of amides is 2. The molecule has 3 aromatic carbocycles. The van der Waals surface area contributed by atoms with Crippen LogP contribution in [0.2, 0.25) is 0 Å². The number of nitrogens with zero attached hydrogens (tertiary/aromatic N) is 2. The second-order valence-electron chi connectivity index (χ2n) is 11.8. The fourth-order valence-electron chi connectivity index (χ4n) is 6.43. The fourth-order valence-corrected chi connectivity index (χ4v) is 6.43. The van der Waals surface area contributed by atoms with Gasteiger partial charge >= 0.3 is 11.9 Å². The van der Waals surface area contributed by atoms with Crippen LogP contribution in [-0.2, 0) is 20.8 Å². The Bertz CT molecular complexity index is 1950. The number of carbonyl (C=O) groups excluding carboxylic acids is 4. The summed E-state index contributed by atoms with van der Waals surface area (Å²) in [5.41, 5.74) is 3.58. The van der Waals surface area contributed by atoms with Gasteiger partial charge in [-0.25, -0.2) is 9.59 Å². The lowest BCUT2D eigenvalue weighted by molar-refractivity contribution is -0.111. The third kappa shape index (κ3) is 6.90. The summed E-state index contributed by atoms with van der Waals surface area (Å²) in [7, 11) is 2.43. The molecule has 1 saturated heterocycles. The summed E-state index contributed by atoms with van der Waals surface area (Å²) >= 11 is 0. The highest BCUT2D eigenvalue weighted by Gasteiger charge is 2.35. The summed E-state index contributed by atoms with van der Waals surface area (Å²) in [5.74, 6) is -1.92. The molecule has 0 spiro atoms. The monoisotopic (exact) mass is 646 g/mol. The number of piperidine rings is 1. The van der Waals surface area contributed by atoms with Crippen molar-refractivity contribution in [3.8, 4) is 0 Å². The molecule has 2 aliphatic rings. The number of fused-ring (bicyclic) bond motifs is 4. The molecule has 4 aromatic rings. The average Bonchev–Trinajstić information content (AvgIpc) is 3.10. The van der Waals surface area contributed by atoms with Gasteiger partial charge in [-0.15, -0.1) is 0 Å². The van der Waals surface area contributed by atoms with Gasteiger partial charge < -0.3 is 29.6 Å². The number of hydrogen-bond acceptors (Lipinski definition) is 8. The van der Waals surface area contributed by atoms with Crippen molar-refractivity contribution in [2.24, 2.45) is 5.92 Å². The van der Waals surface area contributed by atoms with Crippen molar-refractivity contribution in [2.75, 3.05) is 42.8 Å². The normalized spacial score (nSPS) is 16.5. The molecule has 2 bridgehead atoms. The molecule has 0 aliphatic carbocycles. The van der Waals surface area contributed by atoms with E-state index in [0.717, 1.165) is 23.4 Å². The zero-order chi connectivity index (χ0) is 33.8. The Morgan fingerprint density at radius 3 is 2.21 bits per heavy atom. The minimum absolute atomic E-state index is 0.000000753. The van der Waals surface area contributed by atoms with Gasteiger partial charge in [-0.2, -0.15) is 0 Å². The van der Waals surface area contributed by atoms with Crippen LogP contribution >= 0.6 is 0 Å². The number of methoxy groups -OCH3 is 2. The van der Waals surface area contributed by atoms with Gasteiger partial charge in [0.05, 0.1) is 36.7 Å². The molecule has 0 saturated carbocycles. The highest BCUT2D eigenvalue weighted by Crippen LogP contribution is 2.39. The maximum absolute atomic E-state index is 13.6. The predicted octanol–water partition coefficient (Wildman–Crippen LogP) is 4.95. The van der Waals surface area contributed by atoms with Crippen LogP contribution < -0.4 is 21.1 Å². The topological polar surface area (TPSA) is 136 Å². The quantitative estimate of drug-likeness (QED) is 0.203. The second-order valence-corrected chi connectivity index (χ2v) is 11.8. The predicted molar refractivity (Wildman–Crippen MR) is 181 cm³/mol. The third-order valence-electron chi connectivity index (χ3n) is 8.60. The molecule has 2 atom stereocenters. The van der Waals surface area contributed by atoms with Crippen LogP contribution in [0.25, 0.3) is 6.08 Å². The van der Waals surface area contributed by atoms with E-state index in [-0.39, 0.29) is 45.7 Å². The van der Waals surface area contributed by atoms with Crippen molar-refractivity contribution in [1.29, 1.82) is 0 Å². The van der Waals surface area contributed by atoms with Crippen molar-refractivity contribution in [2.45, 2.75) is 18.9 Å². The fraction of sp³-hybridized carbons (Fsp3) is 0.216. The molecule has 3 heterocycles. The largest absolute Gasteiger partial charge is 0.465 e. The smallest absolute Gasteiger partial charge is 0.337 e. The van der Waals surface area contributed by atoms with E-state index in [2.05, 4.69) is 15.5 Å². The van der Waals surface area contributed by atoms with E-state index >= 15 is 0 Å². The number of anilines is 3. The molecule has 244 valence electrons. The highest BCUT2D eigenvalue weighted by atomic mass is 16.5. The number of ether oxygens (including phenoxy) is 2. The van der Waals surface area contributed by atoms with Crippen molar-refractivity contribution in [3.05, 3.63) is 129 Å². The third-order valence-corrected chi connectivity index (χ3v) is 8.60. The number of hydrogen-bond donors (Lipinski definition) is 2. The summed E-state index contributed by atoms with van der Waals surface area (Å²) in [4.78, 5) is 66.1. The highest BCUT2D eigenvalue weighted by molar-refractivity contribution is 6.09. The molecule has 0 radical (unpaired) electrons. The Kier molecular flexibility index (Phi) is 9.20. The summed E-state index contributed by atoms with van der Waals surface area (Å²) in [5, 5.41) is 5.71. The van der Waals surface area contributed by atoms with Crippen LogP contribution in [0, 0.1) is 5.92 Å². The number of aromatic nitrogens is 1. The molecule has 1 fully saturated rings. The minimum atomic E-state index is -0.687. The Morgan fingerprint density at radius 1 is 0.771 bits per heavy atom. The van der Waals surface area contributed by atoms with Crippen LogP contribution in [0.4, 0.5) is 17.1 Å². The van der Waals surface area contributed by atoms with E-state index in [1.807, 2.05) is 41.0 Å². The number of rotatable bonds is 8. The zero-order valence-electron chi connectivity index (χ0n) is 26.5. The van der Waals surface area contributed by atoms with E-state index in [4.69, 9.17) is 9.47 Å². The van der Waals surface area contributed by atoms with Crippen LogP contribution in [0.3, 0.4) is 0 Å². The first-order valence-electron chi connectivity index (χ1n) is 15.5. The number of pyridine rings is 1. The van der Waals surface area contributed by atoms with Crippen LogP contribution in [0.15, 0.2) is 95.8 Å². The Hall–Kier alpha value is -5.97. The van der Waals surface area contributed by atoms with Gasteiger partial charge in [0, 0.05) is 54.6 Å². The van der Waals surface area contributed by atoms with E-state index in [1.54, 1.807) is 36.4 Å². The Balaban J connectivity index is 1.31. The minimum Gasteiger partial charge on any atom is -0.465 e. The SMILES string of the molecule is COC(=O)c1cc(NC(=O)c2ccc(N3CC4CC(C3)c3cccc(=O)n3C4)c(NC(=O)C=Cc3ccccc3)c2)cc(C(=O)OC)c1. The van der Waals surface area contributed by atoms with Gasteiger partial charge in [-0.3, -0.25) is 14.4 Å². The van der Waals surface area contributed by atoms with Gasteiger partial charge in [0.25, 0.3) is 11.5 Å². The van der Waals surface area contributed by atoms with Crippen molar-refractivity contribution >= 4 is 46.9 Å². The van der Waals surface area contributed by atoms with E-state index in [1.165, 1.54) is 38.5 Å². The summed E-state index contributed by atoms with van der Waals surface area (Å²) in [6.45, 7) is 1.91. The molecule has 11 heteroatoms. The number of nitrogens with one attached hydrogen (secondary N) is 2. The molecule has 2 unspecified atom stereocenters. The molecule has 2 amide bonds. The van der Waals surface area contributed by atoms with Crippen molar-refractivity contribution in [1.82, 2.24) is 4.57 Å². The van der Waals surface area contributed by atoms with Crippen molar-refractivity contribution < 1.29 is 28.7 Å². The van der Waals surface area contributed by atoms with E-state index in [0.29, 0.717) is 25.3 Å². The first-order valence-corrected chi connectivity index (χ1v) is 15.5. The van der Waals surface area contributed by atoms with E-state index < -0.39 is 17.8 Å². The number of carbonyl (C=O) groups is 4. The molecular weight excluding hydrogens is 612 g/mol. The first kappa shape index (κ1) is 32.0. The van der Waals surface area contributed by atoms with E-state index in [9.17, 15) is 24.0 Å². The molecule has 11 nitrogen and oxygen atoms in total. The van der Waals surface area contributed by atoms with Gasteiger partial charge in [0.15, 0.2) is 0 Å². The second kappa shape index (κ2) is 13.8. The zero-order valence-corrected chi connectivity index (χ0v) is 26.5. The van der Waals surface area contributed by atoms with Gasteiger partial charge in [0.1, 0.15) is 0 Å². The molecule has 2 aliphatic heterocycles. The summed E-state index contributed by atoms with van der Waals surface area (Å²) in [6.07, 6.45) is 4.10. The summed E-state index contributed by atoms with van der Waals surface area (Å²) in [6, 6.07) is 24.0. The van der Waals surface area contributed by atoms with Gasteiger partial charge in [-0.05, 0) is 66.4 Å². The Morgan fingerprint density at radius 2 is 1.50 bits per heavy atom. The average molecular weight is 647 g/mol.